The maximum Gasteiger partial charge on any atom is 0.266 e. The summed E-state index contributed by atoms with van der Waals surface area (Å²) in [6.45, 7) is 0.510. The van der Waals surface area contributed by atoms with Gasteiger partial charge in [-0.05, 0) is 35.9 Å². The summed E-state index contributed by atoms with van der Waals surface area (Å²) in [6, 6.07) is 28.5. The summed E-state index contributed by atoms with van der Waals surface area (Å²) in [6.07, 6.45) is 3.51. The van der Waals surface area contributed by atoms with E-state index in [2.05, 4.69) is 11.4 Å². The maximum atomic E-state index is 12.6. The largest absolute Gasteiger partial charge is 0.342 e. The lowest BCUT2D eigenvalue weighted by Crippen LogP contribution is -2.13. The third kappa shape index (κ3) is 4.22. The number of fused-ring (bicyclic) bond motifs is 1. The quantitative estimate of drug-likeness (QED) is 0.372. The van der Waals surface area contributed by atoms with Gasteiger partial charge in [0.1, 0.15) is 11.6 Å². The molecule has 0 aliphatic carbocycles. The van der Waals surface area contributed by atoms with Gasteiger partial charge in [-0.2, -0.15) is 10.5 Å². The summed E-state index contributed by atoms with van der Waals surface area (Å²) in [5.41, 5.74) is 3.90. The number of benzene rings is 3. The molecular weight excluding hydrogens is 384 g/mol. The number of rotatable bonds is 5. The van der Waals surface area contributed by atoms with Crippen LogP contribution < -0.4 is 5.32 Å². The van der Waals surface area contributed by atoms with Crippen molar-refractivity contribution in [2.75, 3.05) is 5.32 Å². The molecule has 1 heterocycles. The molecule has 148 valence electrons. The van der Waals surface area contributed by atoms with Gasteiger partial charge in [-0.1, -0.05) is 54.6 Å². The molecule has 0 aliphatic rings. The number of amides is 1. The van der Waals surface area contributed by atoms with E-state index in [1.807, 2.05) is 77.5 Å². The zero-order chi connectivity index (χ0) is 21.6. The van der Waals surface area contributed by atoms with Crippen LogP contribution in [0.25, 0.3) is 17.0 Å². The van der Waals surface area contributed by atoms with Crippen LogP contribution in [0.1, 0.15) is 16.7 Å². The third-order valence-corrected chi connectivity index (χ3v) is 4.99. The fourth-order valence-electron chi connectivity index (χ4n) is 3.50. The zero-order valence-electron chi connectivity index (χ0n) is 16.6. The van der Waals surface area contributed by atoms with Gasteiger partial charge in [-0.25, -0.2) is 0 Å². The molecular formula is C26H18N4O. The Balaban J connectivity index is 1.71. The fraction of sp³-hybridized carbons (Fsp3) is 0.0385. The van der Waals surface area contributed by atoms with Gasteiger partial charge < -0.3 is 9.88 Å². The Morgan fingerprint density at radius 2 is 1.65 bits per heavy atom. The van der Waals surface area contributed by atoms with Crippen molar-refractivity contribution >= 4 is 28.6 Å². The standard InChI is InChI=1S/C26H18N4O/c27-15-19-8-4-5-9-20(19)17-30-18-22(24-12-6-7-13-25(24)30)14-21(16-28)26(31)29-23-10-2-1-3-11-23/h1-14,18H,17H2,(H,29,31)/b21-14-. The molecule has 3 aromatic carbocycles. The highest BCUT2D eigenvalue weighted by Gasteiger charge is 2.13. The smallest absolute Gasteiger partial charge is 0.266 e. The van der Waals surface area contributed by atoms with Crippen molar-refractivity contribution in [2.24, 2.45) is 0 Å². The van der Waals surface area contributed by atoms with Crippen LogP contribution in [0, 0.1) is 22.7 Å². The number of carbonyl (C=O) groups excluding carboxylic acids is 1. The Hall–Kier alpha value is -4.61. The van der Waals surface area contributed by atoms with Crippen LogP contribution in [0.5, 0.6) is 0 Å². The summed E-state index contributed by atoms with van der Waals surface area (Å²) < 4.78 is 2.03. The summed E-state index contributed by atoms with van der Waals surface area (Å²) in [5, 5.41) is 22.7. The predicted molar refractivity (Wildman–Crippen MR) is 121 cm³/mol. The molecule has 4 rings (SSSR count). The fourth-order valence-corrected chi connectivity index (χ4v) is 3.50. The van der Waals surface area contributed by atoms with E-state index in [0.717, 1.165) is 22.0 Å². The van der Waals surface area contributed by atoms with Crippen molar-refractivity contribution in [3.63, 3.8) is 0 Å². The minimum absolute atomic E-state index is 0.0178. The van der Waals surface area contributed by atoms with Gasteiger partial charge in [0.25, 0.3) is 5.91 Å². The van der Waals surface area contributed by atoms with Crippen molar-refractivity contribution in [1.82, 2.24) is 4.57 Å². The van der Waals surface area contributed by atoms with Gasteiger partial charge in [0, 0.05) is 34.9 Å². The Morgan fingerprint density at radius 3 is 2.42 bits per heavy atom. The monoisotopic (exact) mass is 402 g/mol. The molecule has 1 aromatic heterocycles. The van der Waals surface area contributed by atoms with Crippen molar-refractivity contribution < 1.29 is 4.79 Å². The van der Waals surface area contributed by atoms with Crippen LogP contribution >= 0.6 is 0 Å². The molecule has 0 radical (unpaired) electrons. The summed E-state index contributed by atoms with van der Waals surface area (Å²) in [4.78, 5) is 12.6. The van der Waals surface area contributed by atoms with Crippen LogP contribution in [-0.4, -0.2) is 10.5 Å². The number of nitriles is 2. The van der Waals surface area contributed by atoms with Crippen molar-refractivity contribution in [2.45, 2.75) is 6.54 Å². The van der Waals surface area contributed by atoms with Crippen LogP contribution in [0.2, 0.25) is 0 Å². The number of nitrogens with zero attached hydrogens (tertiary/aromatic N) is 3. The molecule has 0 aliphatic heterocycles. The third-order valence-electron chi connectivity index (χ3n) is 4.99. The van der Waals surface area contributed by atoms with Gasteiger partial charge in [-0.15, -0.1) is 0 Å². The van der Waals surface area contributed by atoms with Gasteiger partial charge in [-0.3, -0.25) is 4.79 Å². The summed E-state index contributed by atoms with van der Waals surface area (Å²) >= 11 is 0. The second-order valence-electron chi connectivity index (χ2n) is 6.99. The molecule has 0 atom stereocenters. The molecule has 0 bridgehead atoms. The molecule has 0 saturated carbocycles. The highest BCUT2D eigenvalue weighted by molar-refractivity contribution is 6.10. The minimum atomic E-state index is -0.458. The first-order chi connectivity index (χ1) is 15.2. The van der Waals surface area contributed by atoms with Crippen LogP contribution in [0.4, 0.5) is 5.69 Å². The lowest BCUT2D eigenvalue weighted by atomic mass is 10.1. The number of hydrogen-bond acceptors (Lipinski definition) is 3. The lowest BCUT2D eigenvalue weighted by molar-refractivity contribution is -0.112. The molecule has 1 N–H and O–H groups in total. The normalized spacial score (nSPS) is 11.0. The number of carbonyl (C=O) groups is 1. The van der Waals surface area contributed by atoms with E-state index in [9.17, 15) is 15.3 Å². The van der Waals surface area contributed by atoms with Crippen molar-refractivity contribution in [1.29, 1.82) is 10.5 Å². The maximum absolute atomic E-state index is 12.6. The zero-order valence-corrected chi connectivity index (χ0v) is 16.6. The molecule has 4 aromatic rings. The second kappa shape index (κ2) is 8.82. The average Bonchev–Trinajstić information content (AvgIpc) is 3.15. The summed E-state index contributed by atoms with van der Waals surface area (Å²) in [5.74, 6) is -0.458. The number of aromatic nitrogens is 1. The van der Waals surface area contributed by atoms with Crippen LogP contribution in [0.15, 0.2) is 90.6 Å². The predicted octanol–water partition coefficient (Wildman–Crippen LogP) is 5.11. The van der Waals surface area contributed by atoms with Gasteiger partial charge in [0.15, 0.2) is 0 Å². The highest BCUT2D eigenvalue weighted by Crippen LogP contribution is 2.25. The van der Waals surface area contributed by atoms with Gasteiger partial charge in [0.05, 0.1) is 11.6 Å². The number of nitrogens with one attached hydrogen (secondary N) is 1. The first-order valence-corrected chi connectivity index (χ1v) is 9.73. The molecule has 0 saturated heterocycles. The second-order valence-corrected chi connectivity index (χ2v) is 6.99. The van der Waals surface area contributed by atoms with Crippen molar-refractivity contribution in [3.8, 4) is 12.1 Å². The van der Waals surface area contributed by atoms with Crippen molar-refractivity contribution in [3.05, 3.63) is 107 Å². The highest BCUT2D eigenvalue weighted by atomic mass is 16.1. The topological polar surface area (TPSA) is 81.6 Å². The molecule has 5 nitrogen and oxygen atoms in total. The summed E-state index contributed by atoms with van der Waals surface area (Å²) in [7, 11) is 0. The SMILES string of the molecule is N#C/C(=C/c1cn(Cc2ccccc2C#N)c2ccccc12)C(=O)Nc1ccccc1. The number of para-hydroxylation sites is 2. The Kier molecular flexibility index (Phi) is 5.60. The van der Waals surface area contributed by atoms with E-state index in [1.165, 1.54) is 0 Å². The van der Waals surface area contributed by atoms with E-state index in [0.29, 0.717) is 17.8 Å². The first-order valence-electron chi connectivity index (χ1n) is 9.73. The van der Waals surface area contributed by atoms with E-state index in [1.54, 1.807) is 24.3 Å². The molecule has 0 spiro atoms. The van der Waals surface area contributed by atoms with Gasteiger partial charge >= 0.3 is 0 Å². The molecule has 0 unspecified atom stereocenters. The molecule has 0 fully saturated rings. The Morgan fingerprint density at radius 1 is 0.935 bits per heavy atom. The Bertz CT molecular complexity index is 1370. The van der Waals surface area contributed by atoms with Crippen LogP contribution in [-0.2, 0) is 11.3 Å². The van der Waals surface area contributed by atoms with E-state index < -0.39 is 5.91 Å². The van der Waals surface area contributed by atoms with E-state index >= 15 is 0 Å². The average molecular weight is 402 g/mol. The first kappa shape index (κ1) is 19.7. The van der Waals surface area contributed by atoms with E-state index in [4.69, 9.17) is 0 Å². The molecule has 31 heavy (non-hydrogen) atoms. The van der Waals surface area contributed by atoms with Crippen LogP contribution in [0.3, 0.4) is 0 Å². The van der Waals surface area contributed by atoms with Gasteiger partial charge in [0.2, 0.25) is 0 Å². The van der Waals surface area contributed by atoms with E-state index in [-0.39, 0.29) is 5.57 Å². The minimum Gasteiger partial charge on any atom is -0.342 e. The molecule has 5 heteroatoms. The Labute approximate surface area is 180 Å². The molecule has 1 amide bonds. The lowest BCUT2D eigenvalue weighted by Gasteiger charge is -2.07. The number of anilines is 1. The number of hydrogen-bond donors (Lipinski definition) is 1.